The summed E-state index contributed by atoms with van der Waals surface area (Å²) >= 11 is 0. The van der Waals surface area contributed by atoms with E-state index in [-0.39, 0.29) is 10.5 Å². The summed E-state index contributed by atoms with van der Waals surface area (Å²) in [7, 11) is -3.74. The number of nitrogens with two attached hydrogens (primary N) is 1. The summed E-state index contributed by atoms with van der Waals surface area (Å²) in [4.78, 5) is 24.2. The molecule has 3 N–H and O–H groups in total. The maximum Gasteiger partial charge on any atom is 0.338 e. The van der Waals surface area contributed by atoms with Gasteiger partial charge in [0, 0.05) is 6.54 Å². The van der Waals surface area contributed by atoms with E-state index < -0.39 is 28.5 Å². The first-order chi connectivity index (χ1) is 14.7. The Bertz CT molecular complexity index is 1000. The summed E-state index contributed by atoms with van der Waals surface area (Å²) < 4.78 is 38.5. The molecule has 0 aromatic heterocycles. The highest BCUT2D eigenvalue weighted by Crippen LogP contribution is 2.28. The Kier molecular flexibility index (Phi) is 8.83. The molecule has 0 aliphatic rings. The first kappa shape index (κ1) is 24.2. The Morgan fingerprint density at radius 3 is 2.23 bits per heavy atom. The van der Waals surface area contributed by atoms with Crippen molar-refractivity contribution in [3.63, 3.8) is 0 Å². The van der Waals surface area contributed by atoms with E-state index >= 15 is 0 Å². The van der Waals surface area contributed by atoms with E-state index in [2.05, 4.69) is 5.32 Å². The van der Waals surface area contributed by atoms with Gasteiger partial charge in [-0.25, -0.2) is 18.4 Å². The molecular weight excluding hydrogens is 424 g/mol. The highest BCUT2D eigenvalue weighted by molar-refractivity contribution is 7.89. The molecule has 0 heterocycles. The number of hydrogen-bond donors (Lipinski definition) is 2. The van der Waals surface area contributed by atoms with E-state index in [0.717, 1.165) is 5.56 Å². The van der Waals surface area contributed by atoms with Crippen LogP contribution in [-0.2, 0) is 26.0 Å². The van der Waals surface area contributed by atoms with E-state index in [1.165, 1.54) is 18.2 Å². The first-order valence-corrected chi connectivity index (χ1v) is 11.2. The monoisotopic (exact) mass is 450 g/mol. The Hall–Kier alpha value is -3.11. The fourth-order valence-corrected chi connectivity index (χ4v) is 3.15. The fourth-order valence-electron chi connectivity index (χ4n) is 2.64. The van der Waals surface area contributed by atoms with Crippen LogP contribution in [0.5, 0.6) is 11.5 Å². The molecule has 1 amide bonds. The summed E-state index contributed by atoms with van der Waals surface area (Å²) in [5.41, 5.74) is 1.07. The lowest BCUT2D eigenvalue weighted by Crippen LogP contribution is -2.30. The van der Waals surface area contributed by atoms with E-state index in [9.17, 15) is 18.0 Å². The predicted molar refractivity (Wildman–Crippen MR) is 114 cm³/mol. The van der Waals surface area contributed by atoms with Crippen LogP contribution in [0.25, 0.3) is 0 Å². The third-order valence-electron chi connectivity index (χ3n) is 4.10. The minimum atomic E-state index is -3.74. The minimum absolute atomic E-state index is 0.0222. The lowest BCUT2D eigenvalue weighted by atomic mass is 10.1. The van der Waals surface area contributed by atoms with Gasteiger partial charge >= 0.3 is 5.97 Å². The normalized spacial score (nSPS) is 10.9. The summed E-state index contributed by atoms with van der Waals surface area (Å²) in [5, 5.41) is 7.69. The molecule has 2 aromatic rings. The molecule has 0 unspecified atom stereocenters. The number of carbonyl (C=O) groups excluding carboxylic acids is 2. The topological polar surface area (TPSA) is 134 Å². The van der Waals surface area contributed by atoms with Crippen molar-refractivity contribution >= 4 is 21.9 Å². The van der Waals surface area contributed by atoms with Gasteiger partial charge in [-0.3, -0.25) is 4.79 Å². The van der Waals surface area contributed by atoms with Crippen LogP contribution in [0, 0.1) is 0 Å². The second kappa shape index (κ2) is 11.3. The number of carbonyl (C=O) groups is 2. The van der Waals surface area contributed by atoms with Crippen LogP contribution in [-0.4, -0.2) is 46.7 Å². The van der Waals surface area contributed by atoms with E-state index in [4.69, 9.17) is 19.3 Å². The number of benzene rings is 2. The molecule has 10 heteroatoms. The quantitative estimate of drug-likeness (QED) is 0.497. The molecule has 0 atom stereocenters. The van der Waals surface area contributed by atoms with Gasteiger partial charge in [0.25, 0.3) is 5.91 Å². The SMILES string of the molecule is CCOc1ccc(C(=O)OCC(=O)NCCc2ccc(S(N)(=O)=O)cc2)cc1OCC. The van der Waals surface area contributed by atoms with Crippen LogP contribution in [0.3, 0.4) is 0 Å². The number of primary sulfonamides is 1. The minimum Gasteiger partial charge on any atom is -0.490 e. The van der Waals surface area contributed by atoms with Gasteiger partial charge in [-0.15, -0.1) is 0 Å². The molecule has 168 valence electrons. The maximum atomic E-state index is 12.2. The van der Waals surface area contributed by atoms with Gasteiger partial charge in [-0.05, 0) is 56.2 Å². The van der Waals surface area contributed by atoms with Crippen LogP contribution in [0.15, 0.2) is 47.4 Å². The Morgan fingerprint density at radius 1 is 0.968 bits per heavy atom. The lowest BCUT2D eigenvalue weighted by molar-refractivity contribution is -0.124. The zero-order valence-corrected chi connectivity index (χ0v) is 18.2. The van der Waals surface area contributed by atoms with E-state index in [0.29, 0.717) is 37.7 Å². The van der Waals surface area contributed by atoms with E-state index in [1.807, 2.05) is 13.8 Å². The molecule has 0 saturated heterocycles. The molecular formula is C21H26N2O7S. The molecule has 0 aliphatic heterocycles. The van der Waals surface area contributed by atoms with Gasteiger partial charge in [-0.1, -0.05) is 12.1 Å². The van der Waals surface area contributed by atoms with Gasteiger partial charge in [0.2, 0.25) is 10.0 Å². The van der Waals surface area contributed by atoms with Crippen molar-refractivity contribution in [2.75, 3.05) is 26.4 Å². The van der Waals surface area contributed by atoms with Crippen molar-refractivity contribution in [3.8, 4) is 11.5 Å². The van der Waals surface area contributed by atoms with Gasteiger partial charge in [0.15, 0.2) is 18.1 Å². The number of ether oxygens (including phenoxy) is 3. The van der Waals surface area contributed by atoms with Gasteiger partial charge in [-0.2, -0.15) is 0 Å². The molecule has 9 nitrogen and oxygen atoms in total. The number of sulfonamides is 1. The Balaban J connectivity index is 1.81. The van der Waals surface area contributed by atoms with Crippen LogP contribution in [0.4, 0.5) is 0 Å². The van der Waals surface area contributed by atoms with Crippen LogP contribution >= 0.6 is 0 Å². The zero-order valence-electron chi connectivity index (χ0n) is 17.4. The van der Waals surface area contributed by atoms with E-state index in [1.54, 1.807) is 24.3 Å². The molecule has 0 spiro atoms. The second-order valence-electron chi connectivity index (χ2n) is 6.39. The number of hydrogen-bond acceptors (Lipinski definition) is 7. The first-order valence-electron chi connectivity index (χ1n) is 9.69. The molecule has 0 bridgehead atoms. The number of nitrogens with one attached hydrogen (secondary N) is 1. The summed E-state index contributed by atoms with van der Waals surface area (Å²) in [6.45, 7) is 4.39. The highest BCUT2D eigenvalue weighted by atomic mass is 32.2. The smallest absolute Gasteiger partial charge is 0.338 e. The van der Waals surface area contributed by atoms with Gasteiger partial charge in [0.05, 0.1) is 23.7 Å². The third kappa shape index (κ3) is 7.58. The molecule has 0 saturated carbocycles. The van der Waals surface area contributed by atoms with Crippen molar-refractivity contribution in [1.29, 1.82) is 0 Å². The highest BCUT2D eigenvalue weighted by Gasteiger charge is 2.14. The average molecular weight is 451 g/mol. The van der Waals surface area contributed by atoms with Gasteiger partial charge in [0.1, 0.15) is 0 Å². The number of rotatable bonds is 11. The molecule has 0 radical (unpaired) electrons. The van der Waals surface area contributed by atoms with Gasteiger partial charge < -0.3 is 19.5 Å². The molecule has 2 aromatic carbocycles. The second-order valence-corrected chi connectivity index (χ2v) is 7.95. The summed E-state index contributed by atoms with van der Waals surface area (Å²) in [6.07, 6.45) is 0.473. The third-order valence-corrected chi connectivity index (χ3v) is 5.03. The Labute approximate surface area is 181 Å². The molecule has 31 heavy (non-hydrogen) atoms. The Morgan fingerprint density at radius 2 is 1.61 bits per heavy atom. The van der Waals surface area contributed by atoms with Crippen molar-refractivity contribution in [2.45, 2.75) is 25.2 Å². The number of esters is 1. The van der Waals surface area contributed by atoms with Crippen molar-refractivity contribution in [3.05, 3.63) is 53.6 Å². The van der Waals surface area contributed by atoms with Crippen LogP contribution in [0.1, 0.15) is 29.8 Å². The summed E-state index contributed by atoms with van der Waals surface area (Å²) in [6, 6.07) is 10.7. The molecule has 0 aliphatic carbocycles. The summed E-state index contributed by atoms with van der Waals surface area (Å²) in [5.74, 6) is -0.157. The standard InChI is InChI=1S/C21H26N2O7S/c1-3-28-18-10-7-16(13-19(18)29-4-2)21(25)30-14-20(24)23-12-11-15-5-8-17(9-6-15)31(22,26)27/h5-10,13H,3-4,11-12,14H2,1-2H3,(H,23,24)(H2,22,26,27). The lowest BCUT2D eigenvalue weighted by Gasteiger charge is -2.12. The molecule has 0 fully saturated rings. The average Bonchev–Trinajstić information content (AvgIpc) is 2.73. The number of amides is 1. The molecule has 2 rings (SSSR count). The predicted octanol–water partition coefficient (Wildman–Crippen LogP) is 1.65. The zero-order chi connectivity index (χ0) is 22.9. The van der Waals surface area contributed by atoms with Crippen molar-refractivity contribution in [1.82, 2.24) is 5.32 Å². The fraction of sp³-hybridized carbons (Fsp3) is 0.333. The van der Waals surface area contributed by atoms with Crippen LogP contribution in [0.2, 0.25) is 0 Å². The van der Waals surface area contributed by atoms with Crippen molar-refractivity contribution < 1.29 is 32.2 Å². The largest absolute Gasteiger partial charge is 0.490 e. The van der Waals surface area contributed by atoms with Crippen LogP contribution < -0.4 is 19.9 Å². The maximum absolute atomic E-state index is 12.2. The van der Waals surface area contributed by atoms with Crippen molar-refractivity contribution in [2.24, 2.45) is 5.14 Å².